The van der Waals surface area contributed by atoms with E-state index in [1.807, 2.05) is 12.1 Å². The molecule has 2 N–H and O–H groups in total. The van der Waals surface area contributed by atoms with Crippen molar-refractivity contribution in [2.24, 2.45) is 0 Å². The van der Waals surface area contributed by atoms with E-state index >= 15 is 0 Å². The number of nitrogens with zero attached hydrogens (tertiary/aromatic N) is 3. The summed E-state index contributed by atoms with van der Waals surface area (Å²) >= 11 is 9.31. The van der Waals surface area contributed by atoms with Crippen LogP contribution in [0.25, 0.3) is 23.0 Å². The van der Waals surface area contributed by atoms with Gasteiger partial charge in [0.1, 0.15) is 11.5 Å². The van der Waals surface area contributed by atoms with E-state index < -0.39 is 0 Å². The normalized spacial score (nSPS) is 10.7. The zero-order chi connectivity index (χ0) is 14.1. The van der Waals surface area contributed by atoms with Crippen molar-refractivity contribution in [3.8, 4) is 23.0 Å². The molecule has 1 aromatic carbocycles. The molecular weight excluding hydrogens is 344 g/mol. The molecule has 0 radical (unpaired) electrons. The maximum absolute atomic E-state index is 5.95. The minimum atomic E-state index is 0.318. The van der Waals surface area contributed by atoms with Gasteiger partial charge in [-0.05, 0) is 46.3 Å². The molecule has 100 valence electrons. The van der Waals surface area contributed by atoms with Crippen LogP contribution in [0.15, 0.2) is 45.4 Å². The lowest BCUT2D eigenvalue weighted by Gasteiger charge is -1.97. The molecule has 0 saturated carbocycles. The van der Waals surface area contributed by atoms with Gasteiger partial charge in [-0.3, -0.25) is 0 Å². The number of hydrogen-bond acceptors (Lipinski definition) is 5. The SMILES string of the molecule is Nc1cccc(-c2nc(-c3ccc(Cl)c(Br)c3)no2)n1. The molecule has 0 unspecified atom stereocenters. The maximum atomic E-state index is 5.95. The van der Waals surface area contributed by atoms with Crippen LogP contribution in [-0.4, -0.2) is 15.1 Å². The Labute approximate surface area is 127 Å². The van der Waals surface area contributed by atoms with Crippen molar-refractivity contribution < 1.29 is 4.52 Å². The van der Waals surface area contributed by atoms with E-state index in [0.717, 1.165) is 10.0 Å². The molecular formula is C13H8BrClN4O. The van der Waals surface area contributed by atoms with E-state index in [9.17, 15) is 0 Å². The van der Waals surface area contributed by atoms with Crippen LogP contribution in [-0.2, 0) is 0 Å². The van der Waals surface area contributed by atoms with Gasteiger partial charge >= 0.3 is 0 Å². The quantitative estimate of drug-likeness (QED) is 0.760. The minimum absolute atomic E-state index is 0.318. The van der Waals surface area contributed by atoms with Crippen molar-refractivity contribution >= 4 is 33.3 Å². The monoisotopic (exact) mass is 350 g/mol. The summed E-state index contributed by atoms with van der Waals surface area (Å²) in [6.45, 7) is 0. The van der Waals surface area contributed by atoms with Crippen LogP contribution in [0.3, 0.4) is 0 Å². The molecule has 7 heteroatoms. The number of halogens is 2. The van der Waals surface area contributed by atoms with Crippen LogP contribution >= 0.6 is 27.5 Å². The second-order valence-corrected chi connectivity index (χ2v) is 5.26. The van der Waals surface area contributed by atoms with Gasteiger partial charge in [0.25, 0.3) is 5.89 Å². The van der Waals surface area contributed by atoms with Crippen LogP contribution in [0.5, 0.6) is 0 Å². The molecule has 0 aliphatic rings. The number of aromatic nitrogens is 3. The molecule has 2 heterocycles. The Hall–Kier alpha value is -1.92. The molecule has 0 atom stereocenters. The summed E-state index contributed by atoms with van der Waals surface area (Å²) in [6.07, 6.45) is 0. The summed E-state index contributed by atoms with van der Waals surface area (Å²) in [5.74, 6) is 1.18. The van der Waals surface area contributed by atoms with Gasteiger partial charge in [-0.2, -0.15) is 4.98 Å². The molecule has 0 aliphatic heterocycles. The predicted octanol–water partition coefficient (Wildman–Crippen LogP) is 3.80. The first kappa shape index (κ1) is 13.1. The molecule has 0 spiro atoms. The third kappa shape index (κ3) is 2.52. The maximum Gasteiger partial charge on any atom is 0.276 e. The number of nitrogen functional groups attached to an aromatic ring is 1. The van der Waals surface area contributed by atoms with E-state index in [4.69, 9.17) is 21.9 Å². The first-order valence-corrected chi connectivity index (χ1v) is 6.82. The highest BCUT2D eigenvalue weighted by molar-refractivity contribution is 9.10. The predicted molar refractivity (Wildman–Crippen MR) is 80.1 cm³/mol. The van der Waals surface area contributed by atoms with Crippen LogP contribution in [0.4, 0.5) is 5.82 Å². The molecule has 2 aromatic heterocycles. The zero-order valence-corrected chi connectivity index (χ0v) is 12.4. The molecule has 5 nitrogen and oxygen atoms in total. The van der Waals surface area contributed by atoms with Gasteiger partial charge in [-0.25, -0.2) is 4.98 Å². The Bertz CT molecular complexity index is 775. The number of nitrogens with two attached hydrogens (primary N) is 1. The van der Waals surface area contributed by atoms with Crippen LogP contribution in [0.2, 0.25) is 5.02 Å². The fourth-order valence-electron chi connectivity index (χ4n) is 1.65. The molecule has 0 amide bonds. The third-order valence-electron chi connectivity index (χ3n) is 2.59. The van der Waals surface area contributed by atoms with Crippen molar-refractivity contribution in [3.63, 3.8) is 0 Å². The zero-order valence-electron chi connectivity index (χ0n) is 10.0. The number of hydrogen-bond donors (Lipinski definition) is 1. The highest BCUT2D eigenvalue weighted by Crippen LogP contribution is 2.28. The van der Waals surface area contributed by atoms with E-state index in [2.05, 4.69) is 31.1 Å². The number of anilines is 1. The van der Waals surface area contributed by atoms with Crippen LogP contribution in [0.1, 0.15) is 0 Å². The standard InChI is InChI=1S/C13H8BrClN4O/c14-8-6-7(4-5-9(8)15)12-18-13(20-19-12)10-2-1-3-11(16)17-10/h1-6H,(H2,16,17). The number of benzene rings is 1. The fraction of sp³-hybridized carbons (Fsp3) is 0. The molecule has 0 fully saturated rings. The molecule has 3 rings (SSSR count). The van der Waals surface area contributed by atoms with E-state index in [-0.39, 0.29) is 0 Å². The lowest BCUT2D eigenvalue weighted by molar-refractivity contribution is 0.431. The highest BCUT2D eigenvalue weighted by Gasteiger charge is 2.12. The molecule has 0 aliphatic carbocycles. The van der Waals surface area contributed by atoms with Gasteiger partial charge in [0, 0.05) is 10.0 Å². The average Bonchev–Trinajstić information content (AvgIpc) is 2.92. The van der Waals surface area contributed by atoms with Crippen molar-refractivity contribution in [1.29, 1.82) is 0 Å². The fourth-order valence-corrected chi connectivity index (χ4v) is 2.15. The van der Waals surface area contributed by atoms with Crippen molar-refractivity contribution in [3.05, 3.63) is 45.9 Å². The summed E-state index contributed by atoms with van der Waals surface area (Å²) < 4.78 is 5.97. The summed E-state index contributed by atoms with van der Waals surface area (Å²) in [4.78, 5) is 8.44. The Morgan fingerprint density at radius 3 is 2.75 bits per heavy atom. The molecule has 0 bridgehead atoms. The second kappa shape index (κ2) is 5.22. The average molecular weight is 352 g/mol. The van der Waals surface area contributed by atoms with Gasteiger partial charge in [-0.15, -0.1) is 0 Å². The van der Waals surface area contributed by atoms with Crippen LogP contribution in [0, 0.1) is 0 Å². The summed E-state index contributed by atoms with van der Waals surface area (Å²) in [7, 11) is 0. The van der Waals surface area contributed by atoms with Crippen molar-refractivity contribution in [1.82, 2.24) is 15.1 Å². The molecule has 20 heavy (non-hydrogen) atoms. The Balaban J connectivity index is 1.99. The van der Waals surface area contributed by atoms with E-state index in [1.54, 1.807) is 24.3 Å². The number of pyridine rings is 1. The molecule has 0 saturated heterocycles. The summed E-state index contributed by atoms with van der Waals surface area (Å²) in [5.41, 5.74) is 6.96. The first-order chi connectivity index (χ1) is 9.63. The smallest absolute Gasteiger partial charge is 0.276 e. The van der Waals surface area contributed by atoms with Crippen molar-refractivity contribution in [2.45, 2.75) is 0 Å². The number of rotatable bonds is 2. The Morgan fingerprint density at radius 2 is 2.00 bits per heavy atom. The second-order valence-electron chi connectivity index (χ2n) is 4.00. The third-order valence-corrected chi connectivity index (χ3v) is 3.81. The lowest BCUT2D eigenvalue weighted by atomic mass is 10.2. The lowest BCUT2D eigenvalue weighted by Crippen LogP contribution is -1.91. The van der Waals surface area contributed by atoms with Gasteiger partial charge in [0.2, 0.25) is 5.82 Å². The first-order valence-electron chi connectivity index (χ1n) is 5.65. The topological polar surface area (TPSA) is 77.8 Å². The minimum Gasteiger partial charge on any atom is -0.384 e. The Kier molecular flexibility index (Phi) is 3.42. The Morgan fingerprint density at radius 1 is 1.15 bits per heavy atom. The van der Waals surface area contributed by atoms with Gasteiger partial charge in [0.05, 0.1) is 5.02 Å². The van der Waals surface area contributed by atoms with E-state index in [1.165, 1.54) is 0 Å². The van der Waals surface area contributed by atoms with Gasteiger partial charge in [0.15, 0.2) is 0 Å². The van der Waals surface area contributed by atoms with Crippen molar-refractivity contribution in [2.75, 3.05) is 5.73 Å². The largest absolute Gasteiger partial charge is 0.384 e. The molecule has 3 aromatic rings. The highest BCUT2D eigenvalue weighted by atomic mass is 79.9. The summed E-state index contributed by atoms with van der Waals surface area (Å²) in [6, 6.07) is 10.6. The van der Waals surface area contributed by atoms with Gasteiger partial charge in [-0.1, -0.05) is 22.8 Å². The van der Waals surface area contributed by atoms with Gasteiger partial charge < -0.3 is 10.3 Å². The van der Waals surface area contributed by atoms with Crippen LogP contribution < -0.4 is 5.73 Å². The summed E-state index contributed by atoms with van der Waals surface area (Å²) in [5, 5.41) is 4.55. The van der Waals surface area contributed by atoms with E-state index in [0.29, 0.717) is 28.2 Å².